The molecule has 1 aromatic carbocycles. The Bertz CT molecular complexity index is 1390. The molecule has 0 unspecified atom stereocenters. The highest BCUT2D eigenvalue weighted by Crippen LogP contribution is 2.45. The van der Waals surface area contributed by atoms with E-state index in [1.54, 1.807) is 0 Å². The van der Waals surface area contributed by atoms with Gasteiger partial charge in [-0.3, -0.25) is 9.59 Å². The number of likely N-dealkylation sites (tertiary alicyclic amines) is 1. The highest BCUT2D eigenvalue weighted by Gasteiger charge is 2.42. The van der Waals surface area contributed by atoms with Crippen molar-refractivity contribution in [3.63, 3.8) is 0 Å². The van der Waals surface area contributed by atoms with Crippen molar-refractivity contribution in [3.05, 3.63) is 71.1 Å². The molecule has 2 aromatic rings. The quantitative estimate of drug-likeness (QED) is 0.398. The normalized spacial score (nSPS) is 18.2. The summed E-state index contributed by atoms with van der Waals surface area (Å²) in [4.78, 5) is 30.4. The molecule has 1 aromatic heterocycles. The molecule has 0 spiro atoms. The van der Waals surface area contributed by atoms with Crippen LogP contribution in [-0.2, 0) is 22.0 Å². The van der Waals surface area contributed by atoms with Crippen molar-refractivity contribution >= 4 is 38.2 Å². The summed E-state index contributed by atoms with van der Waals surface area (Å²) in [6, 6.07) is 5.85. The van der Waals surface area contributed by atoms with Gasteiger partial charge in [-0.1, -0.05) is 12.2 Å². The lowest BCUT2D eigenvalue weighted by molar-refractivity contribution is 0.0723. The number of nitrogens with zero attached hydrogens (tertiary/aromatic N) is 2. The molecule has 1 saturated heterocycles. The van der Waals surface area contributed by atoms with Crippen LogP contribution >= 0.6 is 11.3 Å². The standard InChI is InChI=1S/C30H40N4O4S2/c1-7-16-34(17-8-2)40(37,38)22-14-12-21(13-15-22)26(35)31-27-24(28(36)33-18-10-9-11-19-33)23-20-29(3,4)32-30(5,6)25(23)39-27/h7-8,12-15,32H,1-2,9-11,16-20H2,3-6H3,(H,31,35). The number of benzene rings is 1. The SMILES string of the molecule is C=CCN(CC=C)S(=O)(=O)c1ccc(C(=O)Nc2sc3c(c2C(=O)N2CCCCC2)CC(C)(C)NC3(C)C)cc1. The fraction of sp³-hybridized carbons (Fsp3) is 0.467. The minimum absolute atomic E-state index is 0.0352. The highest BCUT2D eigenvalue weighted by atomic mass is 32.2. The van der Waals surface area contributed by atoms with Crippen molar-refractivity contribution in [1.29, 1.82) is 0 Å². The molecule has 3 heterocycles. The van der Waals surface area contributed by atoms with Gasteiger partial charge in [0.15, 0.2) is 0 Å². The van der Waals surface area contributed by atoms with E-state index in [1.165, 1.54) is 52.1 Å². The molecule has 0 bridgehead atoms. The van der Waals surface area contributed by atoms with E-state index in [4.69, 9.17) is 0 Å². The van der Waals surface area contributed by atoms with Gasteiger partial charge in [-0.25, -0.2) is 8.42 Å². The van der Waals surface area contributed by atoms with Crippen molar-refractivity contribution in [2.75, 3.05) is 31.5 Å². The van der Waals surface area contributed by atoms with Gasteiger partial charge in [0, 0.05) is 47.7 Å². The molecule has 1 fully saturated rings. The number of amides is 2. The molecule has 216 valence electrons. The van der Waals surface area contributed by atoms with Crippen LogP contribution in [0, 0.1) is 0 Å². The Hall–Kier alpha value is -2.79. The summed E-state index contributed by atoms with van der Waals surface area (Å²) in [7, 11) is -3.78. The number of sulfonamides is 1. The number of carbonyl (C=O) groups is 2. The zero-order valence-electron chi connectivity index (χ0n) is 23.9. The second-order valence-electron chi connectivity index (χ2n) is 11.7. The van der Waals surface area contributed by atoms with Gasteiger partial charge in [-0.15, -0.1) is 24.5 Å². The number of thiophene rings is 1. The number of rotatable bonds is 9. The van der Waals surface area contributed by atoms with Crippen LogP contribution in [0.3, 0.4) is 0 Å². The summed E-state index contributed by atoms with van der Waals surface area (Å²) in [5.41, 5.74) is 1.29. The van der Waals surface area contributed by atoms with Crippen LogP contribution in [0.25, 0.3) is 0 Å². The Kier molecular flexibility index (Phi) is 8.75. The highest BCUT2D eigenvalue weighted by molar-refractivity contribution is 7.89. The Labute approximate surface area is 242 Å². The summed E-state index contributed by atoms with van der Waals surface area (Å²) in [6.07, 6.45) is 6.78. The lowest BCUT2D eigenvalue weighted by Gasteiger charge is -2.42. The first kappa shape index (κ1) is 30.2. The number of hydrogen-bond donors (Lipinski definition) is 2. The van der Waals surface area contributed by atoms with Crippen LogP contribution < -0.4 is 10.6 Å². The third kappa shape index (κ3) is 6.10. The first-order chi connectivity index (χ1) is 18.8. The number of anilines is 1. The summed E-state index contributed by atoms with van der Waals surface area (Å²) >= 11 is 1.44. The average Bonchev–Trinajstić information content (AvgIpc) is 3.25. The van der Waals surface area contributed by atoms with Crippen LogP contribution in [-0.4, -0.2) is 61.2 Å². The Morgan fingerprint density at radius 2 is 1.65 bits per heavy atom. The Balaban J connectivity index is 1.67. The van der Waals surface area contributed by atoms with E-state index in [-0.39, 0.29) is 35.0 Å². The van der Waals surface area contributed by atoms with Gasteiger partial charge in [0.05, 0.1) is 10.5 Å². The molecular weight excluding hydrogens is 544 g/mol. The first-order valence-electron chi connectivity index (χ1n) is 13.7. The number of fused-ring (bicyclic) bond motifs is 1. The van der Waals surface area contributed by atoms with Gasteiger partial charge < -0.3 is 15.5 Å². The van der Waals surface area contributed by atoms with Crippen LogP contribution in [0.2, 0.25) is 0 Å². The maximum atomic E-state index is 13.9. The molecule has 2 aliphatic rings. The minimum Gasteiger partial charge on any atom is -0.339 e. The van der Waals surface area contributed by atoms with Crippen molar-refractivity contribution in [2.45, 2.75) is 69.4 Å². The molecule has 40 heavy (non-hydrogen) atoms. The third-order valence-corrected chi connectivity index (χ3v) is 10.7. The van der Waals surface area contributed by atoms with E-state index in [2.05, 4.69) is 51.5 Å². The topological polar surface area (TPSA) is 98.8 Å². The minimum atomic E-state index is -3.78. The smallest absolute Gasteiger partial charge is 0.257 e. The summed E-state index contributed by atoms with van der Waals surface area (Å²) in [5.74, 6) is -0.429. The molecule has 0 aliphatic carbocycles. The van der Waals surface area contributed by atoms with E-state index in [1.807, 2.05) is 4.90 Å². The molecule has 2 aliphatic heterocycles. The second-order valence-corrected chi connectivity index (χ2v) is 14.6. The zero-order chi connectivity index (χ0) is 29.3. The van der Waals surface area contributed by atoms with Crippen LogP contribution in [0.1, 0.15) is 78.1 Å². The van der Waals surface area contributed by atoms with E-state index >= 15 is 0 Å². The van der Waals surface area contributed by atoms with Crippen molar-refractivity contribution in [3.8, 4) is 0 Å². The molecule has 0 atom stereocenters. The van der Waals surface area contributed by atoms with Gasteiger partial charge >= 0.3 is 0 Å². The lowest BCUT2D eigenvalue weighted by atomic mass is 9.81. The average molecular weight is 585 g/mol. The van der Waals surface area contributed by atoms with Gasteiger partial charge in [0.2, 0.25) is 10.0 Å². The van der Waals surface area contributed by atoms with Gasteiger partial charge in [-0.05, 0) is 83.2 Å². The van der Waals surface area contributed by atoms with E-state index in [0.29, 0.717) is 35.6 Å². The van der Waals surface area contributed by atoms with Crippen molar-refractivity contribution in [1.82, 2.24) is 14.5 Å². The van der Waals surface area contributed by atoms with Crippen molar-refractivity contribution in [2.24, 2.45) is 0 Å². The summed E-state index contributed by atoms with van der Waals surface area (Å²) < 4.78 is 27.4. The number of hydrogen-bond acceptors (Lipinski definition) is 6. The molecule has 2 amide bonds. The zero-order valence-corrected chi connectivity index (χ0v) is 25.5. The Morgan fingerprint density at radius 1 is 1.05 bits per heavy atom. The molecular formula is C30H40N4O4S2. The second kappa shape index (κ2) is 11.6. The van der Waals surface area contributed by atoms with Crippen LogP contribution in [0.15, 0.2) is 54.5 Å². The molecule has 0 radical (unpaired) electrons. The van der Waals surface area contributed by atoms with Gasteiger partial charge in [0.25, 0.3) is 11.8 Å². The number of carbonyl (C=O) groups excluding carboxylic acids is 2. The predicted molar refractivity (Wildman–Crippen MR) is 162 cm³/mol. The molecule has 0 saturated carbocycles. The molecule has 4 rings (SSSR count). The lowest BCUT2D eigenvalue weighted by Crippen LogP contribution is -2.55. The summed E-state index contributed by atoms with van der Waals surface area (Å²) in [5, 5.41) is 7.23. The fourth-order valence-electron chi connectivity index (χ4n) is 5.76. The van der Waals surface area contributed by atoms with E-state index in [9.17, 15) is 18.0 Å². The molecule has 8 nitrogen and oxygen atoms in total. The van der Waals surface area contributed by atoms with Gasteiger partial charge in [-0.2, -0.15) is 4.31 Å². The number of piperidine rings is 1. The van der Waals surface area contributed by atoms with E-state index in [0.717, 1.165) is 29.7 Å². The Morgan fingerprint density at radius 3 is 2.23 bits per heavy atom. The maximum absolute atomic E-state index is 13.9. The van der Waals surface area contributed by atoms with Gasteiger partial charge in [0.1, 0.15) is 5.00 Å². The monoisotopic (exact) mass is 584 g/mol. The van der Waals surface area contributed by atoms with E-state index < -0.39 is 15.9 Å². The fourth-order valence-corrected chi connectivity index (χ4v) is 8.40. The maximum Gasteiger partial charge on any atom is 0.257 e. The number of nitrogens with one attached hydrogen (secondary N) is 2. The summed E-state index contributed by atoms with van der Waals surface area (Å²) in [6.45, 7) is 17.5. The molecule has 2 N–H and O–H groups in total. The third-order valence-electron chi connectivity index (χ3n) is 7.35. The molecule has 10 heteroatoms. The largest absolute Gasteiger partial charge is 0.339 e. The van der Waals surface area contributed by atoms with Crippen molar-refractivity contribution < 1.29 is 18.0 Å². The predicted octanol–water partition coefficient (Wildman–Crippen LogP) is 5.15. The van der Waals surface area contributed by atoms with Crippen LogP contribution in [0.4, 0.5) is 5.00 Å². The first-order valence-corrected chi connectivity index (χ1v) is 15.9. The van der Waals surface area contributed by atoms with Crippen LogP contribution in [0.5, 0.6) is 0 Å².